The van der Waals surface area contributed by atoms with Gasteiger partial charge >= 0.3 is 0 Å². The summed E-state index contributed by atoms with van der Waals surface area (Å²) < 4.78 is 0. The molecule has 1 atom stereocenters. The molecule has 1 aliphatic rings. The van der Waals surface area contributed by atoms with E-state index in [0.29, 0.717) is 57.1 Å². The van der Waals surface area contributed by atoms with E-state index in [9.17, 15) is 14.4 Å². The molecule has 2 aromatic rings. The average molecular weight is 498 g/mol. The number of carbonyl (C=O) groups is 3. The Labute approximate surface area is 211 Å². The van der Waals surface area contributed by atoms with Crippen molar-refractivity contribution in [2.24, 2.45) is 0 Å². The van der Waals surface area contributed by atoms with Gasteiger partial charge in [0.1, 0.15) is 17.0 Å². The molecule has 8 nitrogen and oxygen atoms in total. The van der Waals surface area contributed by atoms with Gasteiger partial charge in [-0.25, -0.2) is 4.98 Å². The van der Waals surface area contributed by atoms with E-state index in [0.717, 1.165) is 11.4 Å². The van der Waals surface area contributed by atoms with Gasteiger partial charge in [0.2, 0.25) is 17.7 Å². The molecule has 9 heteroatoms. The van der Waals surface area contributed by atoms with Crippen LogP contribution >= 0.6 is 11.6 Å². The quantitative estimate of drug-likeness (QED) is 0.283. The molecule has 1 aliphatic heterocycles. The van der Waals surface area contributed by atoms with Gasteiger partial charge in [-0.2, -0.15) is 0 Å². The van der Waals surface area contributed by atoms with Gasteiger partial charge in [-0.15, -0.1) is 0 Å². The molecule has 0 saturated carbocycles. The van der Waals surface area contributed by atoms with E-state index in [1.54, 1.807) is 11.0 Å². The summed E-state index contributed by atoms with van der Waals surface area (Å²) >= 11 is 6.02. The molecule has 0 aliphatic carbocycles. The number of rotatable bonds is 11. The molecule has 1 unspecified atom stereocenters. The summed E-state index contributed by atoms with van der Waals surface area (Å²) in [5, 5.41) is 6.12. The Kier molecular flexibility index (Phi) is 10.1. The summed E-state index contributed by atoms with van der Waals surface area (Å²) in [6, 6.07) is 14.3. The molecular formula is C26H32ClN5O3. The number of amides is 3. The van der Waals surface area contributed by atoms with Gasteiger partial charge in [0.15, 0.2) is 0 Å². The molecule has 1 aromatic carbocycles. The number of halogens is 1. The molecule has 35 heavy (non-hydrogen) atoms. The van der Waals surface area contributed by atoms with Crippen LogP contribution in [0, 0.1) is 0 Å². The summed E-state index contributed by atoms with van der Waals surface area (Å²) in [6.07, 6.45) is 3.33. The van der Waals surface area contributed by atoms with Crippen LogP contribution in [0.3, 0.4) is 0 Å². The number of aromatic nitrogens is 1. The van der Waals surface area contributed by atoms with Crippen LogP contribution in [0.4, 0.5) is 5.82 Å². The monoisotopic (exact) mass is 497 g/mol. The zero-order valence-electron chi connectivity index (χ0n) is 19.8. The van der Waals surface area contributed by atoms with Crippen LogP contribution in [0.1, 0.15) is 24.8 Å². The van der Waals surface area contributed by atoms with Crippen LogP contribution in [-0.4, -0.2) is 66.4 Å². The first kappa shape index (κ1) is 26.2. The lowest BCUT2D eigenvalue weighted by Crippen LogP contribution is -2.55. The molecule has 0 bridgehead atoms. The molecule has 186 valence electrons. The highest BCUT2D eigenvalue weighted by Gasteiger charge is 2.28. The third-order valence-electron chi connectivity index (χ3n) is 5.86. The van der Waals surface area contributed by atoms with E-state index in [4.69, 9.17) is 11.6 Å². The van der Waals surface area contributed by atoms with Crippen LogP contribution in [0.15, 0.2) is 61.2 Å². The molecule has 0 radical (unpaired) electrons. The van der Waals surface area contributed by atoms with E-state index < -0.39 is 6.04 Å². The number of nitrogens with one attached hydrogen (secondary N) is 2. The second kappa shape index (κ2) is 13.5. The Morgan fingerprint density at radius 3 is 2.46 bits per heavy atom. The van der Waals surface area contributed by atoms with E-state index >= 15 is 0 Å². The summed E-state index contributed by atoms with van der Waals surface area (Å²) in [5.41, 5.74) is 0.894. The minimum absolute atomic E-state index is 0.0831. The largest absolute Gasteiger partial charge is 0.353 e. The number of carbonyl (C=O) groups excluding carboxylic acids is 3. The van der Waals surface area contributed by atoms with Crippen molar-refractivity contribution in [2.45, 2.75) is 31.7 Å². The Morgan fingerprint density at radius 2 is 1.77 bits per heavy atom. The first-order chi connectivity index (χ1) is 17.0. The summed E-state index contributed by atoms with van der Waals surface area (Å²) in [7, 11) is 0. The van der Waals surface area contributed by atoms with Crippen molar-refractivity contribution < 1.29 is 14.4 Å². The number of hydrogen-bond acceptors (Lipinski definition) is 5. The van der Waals surface area contributed by atoms with Gasteiger partial charge < -0.3 is 20.4 Å². The van der Waals surface area contributed by atoms with Crippen LogP contribution in [0.5, 0.6) is 0 Å². The lowest BCUT2D eigenvalue weighted by atomic mass is 10.1. The van der Waals surface area contributed by atoms with Gasteiger partial charge in [0.25, 0.3) is 0 Å². The van der Waals surface area contributed by atoms with Gasteiger partial charge in [0.05, 0.1) is 6.42 Å². The number of unbranched alkanes of at least 4 members (excludes halogenated alkanes) is 1. The fourth-order valence-corrected chi connectivity index (χ4v) is 4.15. The maximum absolute atomic E-state index is 13.4. The third-order valence-corrected chi connectivity index (χ3v) is 6.07. The standard InChI is InChI=1S/C26H32ClN5O3/c1-2-24(33)28-14-7-6-11-21(29-25(34)19-20-9-4-3-5-10-20)26(35)32-17-15-31(16-18-32)23-13-8-12-22(27)30-23/h2-5,8-10,12-13,21H,1,6-7,11,14-19H2,(H,28,33)(H,29,34). The molecule has 3 rings (SSSR count). The molecule has 0 spiro atoms. The minimum atomic E-state index is -0.614. The van der Waals surface area contributed by atoms with Crippen molar-refractivity contribution in [3.8, 4) is 0 Å². The summed E-state index contributed by atoms with van der Waals surface area (Å²) in [5.74, 6) is 0.302. The first-order valence-electron chi connectivity index (χ1n) is 11.9. The van der Waals surface area contributed by atoms with E-state index in [1.807, 2.05) is 42.5 Å². The highest BCUT2D eigenvalue weighted by atomic mass is 35.5. The summed E-state index contributed by atoms with van der Waals surface area (Å²) in [4.78, 5) is 45.7. The Hall–Kier alpha value is -3.39. The predicted molar refractivity (Wildman–Crippen MR) is 137 cm³/mol. The molecule has 1 aromatic heterocycles. The van der Waals surface area contributed by atoms with Crippen molar-refractivity contribution in [3.63, 3.8) is 0 Å². The Balaban J connectivity index is 1.57. The van der Waals surface area contributed by atoms with Crippen LogP contribution < -0.4 is 15.5 Å². The average Bonchev–Trinajstić information content (AvgIpc) is 2.88. The third kappa shape index (κ3) is 8.40. The maximum atomic E-state index is 13.4. The number of nitrogens with zero attached hydrogens (tertiary/aromatic N) is 3. The van der Waals surface area contributed by atoms with E-state index in [1.165, 1.54) is 6.08 Å². The minimum Gasteiger partial charge on any atom is -0.353 e. The second-order valence-corrected chi connectivity index (χ2v) is 8.79. The van der Waals surface area contributed by atoms with Gasteiger partial charge in [-0.3, -0.25) is 14.4 Å². The molecular weight excluding hydrogens is 466 g/mol. The Morgan fingerprint density at radius 1 is 1.03 bits per heavy atom. The van der Waals surface area contributed by atoms with Gasteiger partial charge in [0, 0.05) is 32.7 Å². The van der Waals surface area contributed by atoms with E-state index in [2.05, 4.69) is 27.1 Å². The molecule has 3 amide bonds. The fraction of sp³-hybridized carbons (Fsp3) is 0.385. The molecule has 2 N–H and O–H groups in total. The van der Waals surface area contributed by atoms with Crippen LogP contribution in [0.2, 0.25) is 5.15 Å². The smallest absolute Gasteiger partial charge is 0.245 e. The lowest BCUT2D eigenvalue weighted by Gasteiger charge is -2.37. The topological polar surface area (TPSA) is 94.6 Å². The highest BCUT2D eigenvalue weighted by molar-refractivity contribution is 6.29. The predicted octanol–water partition coefficient (Wildman–Crippen LogP) is 2.58. The van der Waals surface area contributed by atoms with Crippen molar-refractivity contribution in [1.29, 1.82) is 0 Å². The van der Waals surface area contributed by atoms with Crippen LogP contribution in [-0.2, 0) is 20.8 Å². The Bertz CT molecular complexity index is 1010. The number of piperazine rings is 1. The van der Waals surface area contributed by atoms with E-state index in [-0.39, 0.29) is 24.1 Å². The number of benzene rings is 1. The molecule has 1 saturated heterocycles. The van der Waals surface area contributed by atoms with Crippen molar-refractivity contribution >= 4 is 35.1 Å². The first-order valence-corrected chi connectivity index (χ1v) is 12.2. The van der Waals surface area contributed by atoms with Gasteiger partial charge in [-0.05, 0) is 43.0 Å². The highest BCUT2D eigenvalue weighted by Crippen LogP contribution is 2.17. The van der Waals surface area contributed by atoms with Crippen molar-refractivity contribution in [1.82, 2.24) is 20.5 Å². The SMILES string of the molecule is C=CC(=O)NCCCCC(NC(=O)Cc1ccccc1)C(=O)N1CCN(c2cccc(Cl)n2)CC1. The van der Waals surface area contributed by atoms with Crippen molar-refractivity contribution in [3.05, 3.63) is 71.9 Å². The van der Waals surface area contributed by atoms with Crippen molar-refractivity contribution in [2.75, 3.05) is 37.6 Å². The maximum Gasteiger partial charge on any atom is 0.245 e. The normalized spacial score (nSPS) is 14.2. The molecule has 1 fully saturated rings. The zero-order valence-corrected chi connectivity index (χ0v) is 20.5. The fourth-order valence-electron chi connectivity index (χ4n) is 3.99. The van der Waals surface area contributed by atoms with Crippen LogP contribution in [0.25, 0.3) is 0 Å². The second-order valence-electron chi connectivity index (χ2n) is 8.40. The number of pyridine rings is 1. The summed E-state index contributed by atoms with van der Waals surface area (Å²) in [6.45, 7) is 6.27. The van der Waals surface area contributed by atoms with Gasteiger partial charge in [-0.1, -0.05) is 54.6 Å². The number of hydrogen-bond donors (Lipinski definition) is 2. The lowest BCUT2D eigenvalue weighted by molar-refractivity contribution is -0.136. The number of anilines is 1. The zero-order chi connectivity index (χ0) is 25.0. The molecule has 2 heterocycles.